The third kappa shape index (κ3) is 4.28. The quantitative estimate of drug-likeness (QED) is 0.761. The fourth-order valence-corrected chi connectivity index (χ4v) is 1.78. The first kappa shape index (κ1) is 11.8. The van der Waals surface area contributed by atoms with Gasteiger partial charge in [-0.15, -0.1) is 0 Å². The number of hydrogen-bond donors (Lipinski definition) is 1. The van der Waals surface area contributed by atoms with E-state index in [-0.39, 0.29) is 6.54 Å². The van der Waals surface area contributed by atoms with E-state index in [1.807, 2.05) is 11.9 Å². The molecule has 0 bridgehead atoms. The molecule has 14 heavy (non-hydrogen) atoms. The molecule has 0 saturated carbocycles. The van der Waals surface area contributed by atoms with Crippen molar-refractivity contribution in [1.29, 1.82) is 0 Å². The van der Waals surface area contributed by atoms with Crippen molar-refractivity contribution in [2.75, 3.05) is 26.7 Å². The average Bonchev–Trinajstić information content (AvgIpc) is 2.14. The second-order valence-electron chi connectivity index (χ2n) is 3.79. The summed E-state index contributed by atoms with van der Waals surface area (Å²) in [6, 6.07) is 0.358. The molecule has 1 N–H and O–H groups in total. The summed E-state index contributed by atoms with van der Waals surface area (Å²) in [5.41, 5.74) is 0. The van der Waals surface area contributed by atoms with E-state index >= 15 is 0 Å². The maximum atomic E-state index is 11.9. The van der Waals surface area contributed by atoms with Crippen molar-refractivity contribution in [1.82, 2.24) is 10.2 Å². The largest absolute Gasteiger partial charge is 0.390 e. The number of likely N-dealkylation sites (tertiary alicyclic amines) is 1. The Morgan fingerprint density at radius 1 is 1.43 bits per heavy atom. The second kappa shape index (κ2) is 4.98. The second-order valence-corrected chi connectivity index (χ2v) is 3.79. The van der Waals surface area contributed by atoms with Gasteiger partial charge in [-0.05, 0) is 26.4 Å². The Morgan fingerprint density at radius 3 is 2.71 bits per heavy atom. The van der Waals surface area contributed by atoms with Gasteiger partial charge in [-0.1, -0.05) is 0 Å². The molecule has 0 radical (unpaired) electrons. The number of nitrogens with zero attached hydrogens (tertiary/aromatic N) is 1. The van der Waals surface area contributed by atoms with E-state index < -0.39 is 12.6 Å². The lowest BCUT2D eigenvalue weighted by atomic mass is 10.1. The van der Waals surface area contributed by atoms with Crippen LogP contribution in [-0.4, -0.2) is 43.8 Å². The van der Waals surface area contributed by atoms with E-state index in [0.717, 1.165) is 25.9 Å². The van der Waals surface area contributed by atoms with Gasteiger partial charge in [-0.2, -0.15) is 13.2 Å². The van der Waals surface area contributed by atoms with E-state index in [1.54, 1.807) is 0 Å². The van der Waals surface area contributed by atoms with Gasteiger partial charge in [-0.25, -0.2) is 0 Å². The van der Waals surface area contributed by atoms with Crippen molar-refractivity contribution in [2.24, 2.45) is 0 Å². The lowest BCUT2D eigenvalue weighted by Crippen LogP contribution is -2.45. The highest BCUT2D eigenvalue weighted by Gasteiger charge is 2.29. The van der Waals surface area contributed by atoms with Crippen LogP contribution < -0.4 is 5.32 Å². The number of likely N-dealkylation sites (N-methyl/N-ethyl adjacent to an activating group) is 1. The number of rotatable bonds is 3. The summed E-state index contributed by atoms with van der Waals surface area (Å²) in [6.45, 7) is 1.68. The van der Waals surface area contributed by atoms with E-state index in [2.05, 4.69) is 5.32 Å². The van der Waals surface area contributed by atoms with E-state index in [4.69, 9.17) is 0 Å². The maximum Gasteiger partial charge on any atom is 0.390 e. The molecule has 0 aromatic rings. The first-order valence-corrected chi connectivity index (χ1v) is 4.97. The summed E-state index contributed by atoms with van der Waals surface area (Å²) in [6.07, 6.45) is -2.65. The van der Waals surface area contributed by atoms with Crippen molar-refractivity contribution < 1.29 is 13.2 Å². The summed E-state index contributed by atoms with van der Waals surface area (Å²) in [7, 11) is 1.86. The molecule has 0 spiro atoms. The maximum absolute atomic E-state index is 11.9. The van der Waals surface area contributed by atoms with Crippen LogP contribution in [0.15, 0.2) is 0 Å². The summed E-state index contributed by atoms with van der Waals surface area (Å²) < 4.78 is 35.8. The molecule has 1 aliphatic heterocycles. The lowest BCUT2D eigenvalue weighted by Gasteiger charge is -2.32. The Kier molecular flexibility index (Phi) is 4.19. The molecule has 0 aromatic carbocycles. The van der Waals surface area contributed by atoms with Crippen molar-refractivity contribution in [3.8, 4) is 0 Å². The number of alkyl halides is 3. The molecular weight excluding hydrogens is 193 g/mol. The van der Waals surface area contributed by atoms with Crippen molar-refractivity contribution >= 4 is 0 Å². The Balaban J connectivity index is 2.24. The highest BCUT2D eigenvalue weighted by atomic mass is 19.4. The summed E-state index contributed by atoms with van der Waals surface area (Å²) in [5, 5.41) is 3.11. The van der Waals surface area contributed by atoms with E-state index in [9.17, 15) is 13.2 Å². The van der Waals surface area contributed by atoms with Gasteiger partial charge in [0.15, 0.2) is 0 Å². The molecule has 1 unspecified atom stereocenters. The molecule has 1 heterocycles. The van der Waals surface area contributed by atoms with Gasteiger partial charge in [0.05, 0.1) is 6.42 Å². The van der Waals surface area contributed by atoms with Crippen molar-refractivity contribution in [2.45, 2.75) is 31.5 Å². The number of nitrogens with one attached hydrogen (secondary N) is 1. The minimum Gasteiger partial charge on any atom is -0.316 e. The van der Waals surface area contributed by atoms with Crippen LogP contribution in [0, 0.1) is 0 Å². The molecule has 1 saturated heterocycles. The van der Waals surface area contributed by atoms with Crippen LogP contribution in [0.1, 0.15) is 19.3 Å². The minimum atomic E-state index is -4.02. The fraction of sp³-hybridized carbons (Fsp3) is 1.00. The van der Waals surface area contributed by atoms with Gasteiger partial charge in [0, 0.05) is 19.1 Å². The monoisotopic (exact) mass is 210 g/mol. The first-order chi connectivity index (χ1) is 6.51. The van der Waals surface area contributed by atoms with Gasteiger partial charge in [0.2, 0.25) is 0 Å². The normalized spacial score (nSPS) is 25.3. The third-order valence-corrected chi connectivity index (χ3v) is 2.63. The van der Waals surface area contributed by atoms with Crippen LogP contribution in [0.5, 0.6) is 0 Å². The zero-order valence-electron chi connectivity index (χ0n) is 8.40. The highest BCUT2D eigenvalue weighted by Crippen LogP contribution is 2.21. The Hall–Kier alpha value is -0.290. The van der Waals surface area contributed by atoms with Crippen molar-refractivity contribution in [3.63, 3.8) is 0 Å². The van der Waals surface area contributed by atoms with Crippen LogP contribution in [-0.2, 0) is 0 Å². The van der Waals surface area contributed by atoms with Gasteiger partial charge in [-0.3, -0.25) is 0 Å². The van der Waals surface area contributed by atoms with Crippen LogP contribution in [0.4, 0.5) is 13.2 Å². The molecule has 5 heteroatoms. The van der Waals surface area contributed by atoms with E-state index in [1.165, 1.54) is 0 Å². The molecule has 2 nitrogen and oxygen atoms in total. The van der Waals surface area contributed by atoms with Crippen molar-refractivity contribution in [3.05, 3.63) is 0 Å². The van der Waals surface area contributed by atoms with Gasteiger partial charge < -0.3 is 10.2 Å². The van der Waals surface area contributed by atoms with Crippen LogP contribution in [0.2, 0.25) is 0 Å². The number of piperidine rings is 1. The van der Waals surface area contributed by atoms with Crippen LogP contribution in [0.3, 0.4) is 0 Å². The Bertz CT molecular complexity index is 170. The Morgan fingerprint density at radius 2 is 2.14 bits per heavy atom. The zero-order valence-corrected chi connectivity index (χ0v) is 8.40. The van der Waals surface area contributed by atoms with Gasteiger partial charge >= 0.3 is 6.18 Å². The van der Waals surface area contributed by atoms with Gasteiger partial charge in [0.25, 0.3) is 0 Å². The molecule has 1 fully saturated rings. The first-order valence-electron chi connectivity index (χ1n) is 4.97. The van der Waals surface area contributed by atoms with Crippen LogP contribution in [0.25, 0.3) is 0 Å². The molecular formula is C9H17F3N2. The Labute approximate surface area is 82.5 Å². The molecule has 1 atom stereocenters. The SMILES string of the molecule is CNC1CCCN(CCC(F)(F)F)C1. The molecule has 0 amide bonds. The number of halogens is 3. The summed E-state index contributed by atoms with van der Waals surface area (Å²) >= 11 is 0. The van der Waals surface area contributed by atoms with E-state index in [0.29, 0.717) is 6.04 Å². The summed E-state index contributed by atoms with van der Waals surface area (Å²) in [4.78, 5) is 1.89. The zero-order chi connectivity index (χ0) is 10.6. The molecule has 0 aliphatic carbocycles. The molecule has 1 rings (SSSR count). The minimum absolute atomic E-state index is 0.141. The predicted molar refractivity (Wildman–Crippen MR) is 49.2 cm³/mol. The standard InChI is InChI=1S/C9H17F3N2/c1-13-8-3-2-5-14(7-8)6-4-9(10,11)12/h8,13H,2-7H2,1H3. The van der Waals surface area contributed by atoms with Crippen LogP contribution >= 0.6 is 0 Å². The lowest BCUT2D eigenvalue weighted by molar-refractivity contribution is -0.138. The number of hydrogen-bond acceptors (Lipinski definition) is 2. The predicted octanol–water partition coefficient (Wildman–Crippen LogP) is 1.62. The van der Waals surface area contributed by atoms with Gasteiger partial charge in [0.1, 0.15) is 0 Å². The molecule has 0 aromatic heterocycles. The molecule has 84 valence electrons. The summed E-state index contributed by atoms with van der Waals surface area (Å²) in [5.74, 6) is 0. The topological polar surface area (TPSA) is 15.3 Å². The third-order valence-electron chi connectivity index (χ3n) is 2.63. The molecule has 1 aliphatic rings. The highest BCUT2D eigenvalue weighted by molar-refractivity contribution is 4.77. The smallest absolute Gasteiger partial charge is 0.316 e. The fourth-order valence-electron chi connectivity index (χ4n) is 1.78. The average molecular weight is 210 g/mol.